The number of esters is 2. The number of methoxy groups -OCH3 is 2. The smallest absolute Gasteiger partial charge is 0.338 e. The molecular formula is C12H18O4. The number of hydrogen-bond donors (Lipinski definition) is 0. The first-order valence-electron chi connectivity index (χ1n) is 5.64. The van der Waals surface area contributed by atoms with Gasteiger partial charge in [-0.2, -0.15) is 0 Å². The molecule has 0 atom stereocenters. The first-order chi connectivity index (χ1) is 8.10. The molecule has 4 heteroatoms. The Hall–Kier alpha value is -1.58. The molecule has 0 heterocycles. The third kappa shape index (κ3) is 4.77. The largest absolute Gasteiger partial charge is 0.466 e. The Balaban J connectivity index is 5.09. The van der Waals surface area contributed by atoms with Gasteiger partial charge in [0.15, 0.2) is 0 Å². The lowest BCUT2D eigenvalue weighted by Gasteiger charge is -2.07. The molecule has 0 radical (unpaired) electrons. The van der Waals surface area contributed by atoms with Gasteiger partial charge in [0.2, 0.25) is 0 Å². The highest BCUT2D eigenvalue weighted by atomic mass is 16.5. The minimum absolute atomic E-state index is 0.0859. The Morgan fingerprint density at radius 2 is 2.06 bits per heavy atom. The van der Waals surface area contributed by atoms with Crippen LogP contribution in [-0.4, -0.2) is 26.2 Å². The van der Waals surface area contributed by atoms with Crippen LogP contribution in [-0.2, 0) is 19.1 Å². The summed E-state index contributed by atoms with van der Waals surface area (Å²) in [5, 5.41) is 0. The van der Waals surface area contributed by atoms with Gasteiger partial charge in [0.1, 0.15) is 0 Å². The van der Waals surface area contributed by atoms with Crippen LogP contribution in [0.3, 0.4) is 0 Å². The molecule has 0 bridgehead atoms. The van der Waals surface area contributed by atoms with Crippen LogP contribution >= 0.6 is 0 Å². The zero-order valence-electron chi connectivity index (χ0n) is 10.9. The average molecular weight is 227 g/mol. The van der Waals surface area contributed by atoms with Crippen LogP contribution in [0.1, 0.15) is 27.6 Å². The summed E-state index contributed by atoms with van der Waals surface area (Å²) in [5.41, 5.74) is 0.562. The molecule has 0 saturated heterocycles. The van der Waals surface area contributed by atoms with Crippen molar-refractivity contribution in [1.29, 1.82) is 0 Å². The van der Waals surface area contributed by atoms with Crippen LogP contribution in [0, 0.1) is 0 Å². The van der Waals surface area contributed by atoms with Crippen molar-refractivity contribution < 1.29 is 20.4 Å². The minimum Gasteiger partial charge on any atom is -0.466 e. The van der Waals surface area contributed by atoms with Gasteiger partial charge in [0, 0.05) is 6.08 Å². The van der Waals surface area contributed by atoms with Crippen LogP contribution in [0.4, 0.5) is 0 Å². The third-order valence-corrected chi connectivity index (χ3v) is 2.01. The van der Waals surface area contributed by atoms with Gasteiger partial charge in [0.25, 0.3) is 0 Å². The number of carbonyl (C=O) groups is 2. The van der Waals surface area contributed by atoms with Crippen molar-refractivity contribution in [1.82, 2.24) is 0 Å². The van der Waals surface area contributed by atoms with Crippen LogP contribution in [0.25, 0.3) is 0 Å². The van der Waals surface area contributed by atoms with Crippen LogP contribution in [0.5, 0.6) is 0 Å². The molecule has 0 N–H and O–H groups in total. The second-order valence-corrected chi connectivity index (χ2v) is 3.20. The molecule has 0 aromatic heterocycles. The Kier molecular flexibility index (Phi) is 5.99. The van der Waals surface area contributed by atoms with Gasteiger partial charge in [-0.1, -0.05) is 19.9 Å². The van der Waals surface area contributed by atoms with Gasteiger partial charge in [-0.05, 0) is 18.4 Å². The first-order valence-corrected chi connectivity index (χ1v) is 5.06. The molecule has 0 aliphatic rings. The molecule has 0 rings (SSSR count). The molecule has 90 valence electrons. The van der Waals surface area contributed by atoms with Crippen molar-refractivity contribution in [2.75, 3.05) is 14.2 Å². The highest BCUT2D eigenvalue weighted by Crippen LogP contribution is 2.16. The molecule has 16 heavy (non-hydrogen) atoms. The standard InChI is InChI=1S/C12H18O4/c1-5-6-7-9(2)10(12(14)16-4)8-11(13)15-3/h8H,2,5-7H2,1,3-4H3/b10-8-/i2D/b9-2?,10-8-. The number of ether oxygens (including phenoxy) is 2. The maximum Gasteiger partial charge on any atom is 0.338 e. The van der Waals surface area contributed by atoms with Crippen LogP contribution in [0.15, 0.2) is 23.8 Å². The second-order valence-electron chi connectivity index (χ2n) is 3.20. The summed E-state index contributed by atoms with van der Waals surface area (Å²) < 4.78 is 16.3. The van der Waals surface area contributed by atoms with E-state index in [4.69, 9.17) is 1.37 Å². The van der Waals surface area contributed by atoms with Gasteiger partial charge in [0.05, 0.1) is 21.2 Å². The third-order valence-electron chi connectivity index (χ3n) is 2.01. The number of rotatable bonds is 6. The van der Waals surface area contributed by atoms with Gasteiger partial charge < -0.3 is 9.47 Å². The van der Waals surface area contributed by atoms with E-state index in [1.54, 1.807) is 0 Å². The molecule has 4 nitrogen and oxygen atoms in total. The topological polar surface area (TPSA) is 52.6 Å². The second kappa shape index (κ2) is 7.68. The van der Waals surface area contributed by atoms with E-state index in [9.17, 15) is 9.59 Å². The van der Waals surface area contributed by atoms with E-state index in [0.717, 1.165) is 25.5 Å². The highest BCUT2D eigenvalue weighted by Gasteiger charge is 2.15. The normalized spacial score (nSPS) is 13.1. The number of hydrogen-bond acceptors (Lipinski definition) is 4. The quantitative estimate of drug-likeness (QED) is 0.395. The van der Waals surface area contributed by atoms with Crippen LogP contribution in [0.2, 0.25) is 0 Å². The fourth-order valence-corrected chi connectivity index (χ4v) is 1.07. The van der Waals surface area contributed by atoms with Gasteiger partial charge in [-0.25, -0.2) is 9.59 Å². The van der Waals surface area contributed by atoms with Gasteiger partial charge in [-0.15, -0.1) is 0 Å². The molecule has 0 amide bonds. The maximum atomic E-state index is 11.5. The Morgan fingerprint density at radius 1 is 1.38 bits per heavy atom. The van der Waals surface area contributed by atoms with Crippen molar-refractivity contribution in [2.45, 2.75) is 26.2 Å². The maximum absolute atomic E-state index is 11.5. The zero-order chi connectivity index (χ0) is 13.3. The fraction of sp³-hybridized carbons (Fsp3) is 0.500. The lowest BCUT2D eigenvalue weighted by Crippen LogP contribution is -2.10. The molecule has 0 aromatic carbocycles. The van der Waals surface area contributed by atoms with Gasteiger partial charge in [-0.3, -0.25) is 0 Å². The van der Waals surface area contributed by atoms with E-state index in [-0.39, 0.29) is 5.57 Å². The molecule has 0 spiro atoms. The fourth-order valence-electron chi connectivity index (χ4n) is 1.07. The predicted molar refractivity (Wildman–Crippen MR) is 60.8 cm³/mol. The molecule has 0 aliphatic heterocycles. The summed E-state index contributed by atoms with van der Waals surface area (Å²) in [6.07, 6.45) is 3.38. The summed E-state index contributed by atoms with van der Waals surface area (Å²) in [4.78, 5) is 22.6. The summed E-state index contributed by atoms with van der Waals surface area (Å²) in [6.45, 7) is 3.07. The van der Waals surface area contributed by atoms with Crippen molar-refractivity contribution in [3.05, 3.63) is 23.8 Å². The van der Waals surface area contributed by atoms with E-state index in [0.29, 0.717) is 12.0 Å². The van der Waals surface area contributed by atoms with Crippen molar-refractivity contribution in [3.8, 4) is 0 Å². The van der Waals surface area contributed by atoms with Crippen molar-refractivity contribution >= 4 is 11.9 Å². The van der Waals surface area contributed by atoms with Crippen molar-refractivity contribution in [2.24, 2.45) is 0 Å². The minimum atomic E-state index is -0.638. The summed E-state index contributed by atoms with van der Waals surface area (Å²) in [7, 11) is 2.46. The van der Waals surface area contributed by atoms with E-state index in [1.165, 1.54) is 14.2 Å². The zero-order valence-corrected chi connectivity index (χ0v) is 9.91. The summed E-state index contributed by atoms with van der Waals surface area (Å²) >= 11 is 0. The summed E-state index contributed by atoms with van der Waals surface area (Å²) in [6, 6.07) is 0. The van der Waals surface area contributed by atoms with Gasteiger partial charge >= 0.3 is 11.9 Å². The first kappa shape index (κ1) is 12.5. The lowest BCUT2D eigenvalue weighted by molar-refractivity contribution is -0.138. The van der Waals surface area contributed by atoms with Crippen LogP contribution < -0.4 is 0 Å². The Bertz CT molecular complexity index is 331. The Morgan fingerprint density at radius 3 is 2.50 bits per heavy atom. The predicted octanol–water partition coefficient (Wildman–Crippen LogP) is 2.01. The molecular weight excluding hydrogens is 208 g/mol. The molecule has 0 unspecified atom stereocenters. The lowest BCUT2D eigenvalue weighted by atomic mass is 10.0. The summed E-state index contributed by atoms with van der Waals surface area (Å²) in [5.74, 6) is -1.27. The van der Waals surface area contributed by atoms with E-state index in [2.05, 4.69) is 9.47 Å². The molecule has 0 saturated carbocycles. The molecule has 0 aliphatic carbocycles. The molecule has 0 fully saturated rings. The SMILES string of the molecule is [2H]C=C(CCCC)/C(=C/C(=O)OC)C(=O)OC. The molecule has 0 aromatic rings. The van der Waals surface area contributed by atoms with E-state index in [1.807, 2.05) is 6.92 Å². The Labute approximate surface area is 97.3 Å². The monoisotopic (exact) mass is 227 g/mol. The van der Waals surface area contributed by atoms with E-state index < -0.39 is 11.9 Å². The van der Waals surface area contributed by atoms with Crippen molar-refractivity contribution in [3.63, 3.8) is 0 Å². The number of unbranched alkanes of at least 4 members (excludes halogenated alkanes) is 1. The highest BCUT2D eigenvalue weighted by molar-refractivity contribution is 5.99. The average Bonchev–Trinajstić information content (AvgIpc) is 2.36. The van der Waals surface area contributed by atoms with E-state index >= 15 is 0 Å². The number of carbonyl (C=O) groups excluding carboxylic acids is 2.